The number of nitrogens with one attached hydrogen (secondary N) is 1. The molecule has 20 heavy (non-hydrogen) atoms. The van der Waals surface area contributed by atoms with E-state index in [0.717, 1.165) is 26.9 Å². The molecule has 3 aromatic rings. The van der Waals surface area contributed by atoms with Gasteiger partial charge in [-0.2, -0.15) is 0 Å². The first-order valence-corrected chi connectivity index (χ1v) is 7.35. The van der Waals surface area contributed by atoms with E-state index in [1.165, 1.54) is 5.56 Å². The number of halogens is 1. The second-order valence-electron chi connectivity index (χ2n) is 4.60. The van der Waals surface area contributed by atoms with Crippen LogP contribution in [0.4, 0.5) is 0 Å². The molecular weight excluding hydrogens is 336 g/mol. The van der Waals surface area contributed by atoms with Gasteiger partial charge in [0.2, 0.25) is 0 Å². The van der Waals surface area contributed by atoms with Crippen LogP contribution >= 0.6 is 28.1 Å². The summed E-state index contributed by atoms with van der Waals surface area (Å²) in [5.74, 6) is 0.809. The molecule has 0 bridgehead atoms. The average molecular weight is 349 g/mol. The maximum atomic E-state index is 5.46. The molecule has 0 unspecified atom stereocenters. The van der Waals surface area contributed by atoms with Gasteiger partial charge in [0.1, 0.15) is 5.75 Å². The van der Waals surface area contributed by atoms with Gasteiger partial charge >= 0.3 is 0 Å². The quantitative estimate of drug-likeness (QED) is 0.676. The third kappa shape index (κ3) is 2.17. The second kappa shape index (κ2) is 5.07. The summed E-state index contributed by atoms with van der Waals surface area (Å²) < 4.78 is 8.95. The van der Waals surface area contributed by atoms with Crippen LogP contribution in [0, 0.1) is 11.7 Å². The molecular formula is C15H13BrN2OS. The number of rotatable bonds is 2. The molecule has 0 saturated heterocycles. The molecule has 1 heterocycles. The van der Waals surface area contributed by atoms with Crippen LogP contribution < -0.4 is 4.74 Å². The Bertz CT molecular complexity index is 851. The highest BCUT2D eigenvalue weighted by atomic mass is 79.9. The summed E-state index contributed by atoms with van der Waals surface area (Å²) in [5, 5.41) is 0. The lowest BCUT2D eigenvalue weighted by atomic mass is 10.2. The van der Waals surface area contributed by atoms with Gasteiger partial charge in [-0.1, -0.05) is 6.07 Å². The van der Waals surface area contributed by atoms with Crippen LogP contribution in [0.5, 0.6) is 5.75 Å². The molecule has 0 radical (unpaired) electrons. The summed E-state index contributed by atoms with van der Waals surface area (Å²) in [6.07, 6.45) is 0. The molecule has 0 aliphatic carbocycles. The summed E-state index contributed by atoms with van der Waals surface area (Å²) in [7, 11) is 1.66. The molecule has 3 nitrogen and oxygen atoms in total. The van der Waals surface area contributed by atoms with Gasteiger partial charge in [0, 0.05) is 10.5 Å². The molecule has 0 fully saturated rings. The van der Waals surface area contributed by atoms with Crippen molar-refractivity contribution in [3.05, 3.63) is 51.2 Å². The van der Waals surface area contributed by atoms with Crippen molar-refractivity contribution in [2.75, 3.05) is 7.11 Å². The molecule has 0 saturated carbocycles. The number of imidazole rings is 1. The maximum Gasteiger partial charge on any atom is 0.182 e. The lowest BCUT2D eigenvalue weighted by Gasteiger charge is -2.08. The number of fused-ring (bicyclic) bond motifs is 1. The monoisotopic (exact) mass is 348 g/mol. The van der Waals surface area contributed by atoms with Crippen molar-refractivity contribution < 1.29 is 4.74 Å². The SMILES string of the molecule is COc1ccc2c(c1)[nH]c(=S)n2-c1cc(C)ccc1Br. The van der Waals surface area contributed by atoms with Crippen molar-refractivity contribution in [2.24, 2.45) is 0 Å². The first-order chi connectivity index (χ1) is 9.60. The minimum atomic E-state index is 0.666. The molecule has 0 aliphatic heterocycles. The Morgan fingerprint density at radius 2 is 2.00 bits per heavy atom. The van der Waals surface area contributed by atoms with Crippen molar-refractivity contribution in [3.63, 3.8) is 0 Å². The van der Waals surface area contributed by atoms with E-state index in [-0.39, 0.29) is 0 Å². The van der Waals surface area contributed by atoms with Crippen molar-refractivity contribution in [2.45, 2.75) is 6.92 Å². The van der Waals surface area contributed by atoms with Crippen LogP contribution in [0.3, 0.4) is 0 Å². The van der Waals surface area contributed by atoms with E-state index in [4.69, 9.17) is 17.0 Å². The number of H-pyrrole nitrogens is 1. The average Bonchev–Trinajstić information content (AvgIpc) is 2.76. The number of hydrogen-bond acceptors (Lipinski definition) is 2. The van der Waals surface area contributed by atoms with Crippen LogP contribution in [0.1, 0.15) is 5.56 Å². The lowest BCUT2D eigenvalue weighted by molar-refractivity contribution is 0.415. The topological polar surface area (TPSA) is 29.9 Å². The minimum Gasteiger partial charge on any atom is -0.497 e. The van der Waals surface area contributed by atoms with Gasteiger partial charge in [-0.15, -0.1) is 0 Å². The van der Waals surface area contributed by atoms with Crippen LogP contribution in [0.2, 0.25) is 0 Å². The van der Waals surface area contributed by atoms with Gasteiger partial charge in [0.05, 0.1) is 23.8 Å². The first kappa shape index (κ1) is 13.4. The number of hydrogen-bond donors (Lipinski definition) is 1. The van der Waals surface area contributed by atoms with E-state index in [0.29, 0.717) is 4.77 Å². The highest BCUT2D eigenvalue weighted by Crippen LogP contribution is 2.28. The normalized spacial score (nSPS) is 10.9. The summed E-state index contributed by atoms with van der Waals surface area (Å²) >= 11 is 9.06. The second-order valence-corrected chi connectivity index (χ2v) is 5.84. The highest BCUT2D eigenvalue weighted by Gasteiger charge is 2.10. The van der Waals surface area contributed by atoms with E-state index in [9.17, 15) is 0 Å². The molecule has 1 aromatic heterocycles. The zero-order valence-corrected chi connectivity index (χ0v) is 13.5. The van der Waals surface area contributed by atoms with Crippen molar-refractivity contribution in [1.82, 2.24) is 9.55 Å². The summed E-state index contributed by atoms with van der Waals surface area (Å²) in [6, 6.07) is 12.1. The van der Waals surface area contributed by atoms with Crippen molar-refractivity contribution in [1.29, 1.82) is 0 Å². The zero-order chi connectivity index (χ0) is 14.3. The van der Waals surface area contributed by atoms with Gasteiger partial charge in [-0.05, 0) is 64.9 Å². The van der Waals surface area contributed by atoms with E-state index in [2.05, 4.69) is 40.0 Å². The van der Waals surface area contributed by atoms with Gasteiger partial charge < -0.3 is 9.72 Å². The molecule has 0 aliphatic rings. The molecule has 0 atom stereocenters. The third-order valence-electron chi connectivity index (χ3n) is 3.23. The van der Waals surface area contributed by atoms with Crippen molar-refractivity contribution >= 4 is 39.2 Å². The Kier molecular flexibility index (Phi) is 3.40. The number of ether oxygens (including phenoxy) is 1. The molecule has 102 valence electrons. The fourth-order valence-electron chi connectivity index (χ4n) is 2.25. The maximum absolute atomic E-state index is 5.46. The Labute approximate surface area is 130 Å². The molecule has 3 rings (SSSR count). The molecule has 5 heteroatoms. The van der Waals surface area contributed by atoms with Gasteiger partial charge in [0.15, 0.2) is 4.77 Å². The lowest BCUT2D eigenvalue weighted by Crippen LogP contribution is -1.96. The summed E-state index contributed by atoms with van der Waals surface area (Å²) in [5.41, 5.74) is 4.21. The minimum absolute atomic E-state index is 0.666. The van der Waals surface area contributed by atoms with Crippen molar-refractivity contribution in [3.8, 4) is 11.4 Å². The largest absolute Gasteiger partial charge is 0.497 e. The first-order valence-electron chi connectivity index (χ1n) is 6.15. The number of methoxy groups -OCH3 is 1. The zero-order valence-electron chi connectivity index (χ0n) is 11.1. The number of aromatic nitrogens is 2. The Balaban J connectivity index is 2.33. The van der Waals surface area contributed by atoms with Gasteiger partial charge in [-0.25, -0.2) is 0 Å². The molecule has 0 spiro atoms. The number of nitrogens with zero attached hydrogens (tertiary/aromatic N) is 1. The van der Waals surface area contributed by atoms with Crippen LogP contribution in [-0.2, 0) is 0 Å². The molecule has 0 amide bonds. The Morgan fingerprint density at radius 1 is 1.20 bits per heavy atom. The highest BCUT2D eigenvalue weighted by molar-refractivity contribution is 9.10. The van der Waals surface area contributed by atoms with Gasteiger partial charge in [0.25, 0.3) is 0 Å². The fourth-order valence-corrected chi connectivity index (χ4v) is 2.98. The molecule has 1 N–H and O–H groups in total. The van der Waals surface area contributed by atoms with E-state index in [1.807, 2.05) is 28.8 Å². The predicted molar refractivity (Wildman–Crippen MR) is 87.4 cm³/mol. The Morgan fingerprint density at radius 3 is 2.75 bits per heavy atom. The van der Waals surface area contributed by atoms with Crippen LogP contribution in [0.15, 0.2) is 40.9 Å². The predicted octanol–water partition coefficient (Wildman–Crippen LogP) is 4.77. The fraction of sp³-hybridized carbons (Fsp3) is 0.133. The van der Waals surface area contributed by atoms with Crippen LogP contribution in [0.25, 0.3) is 16.7 Å². The third-order valence-corrected chi connectivity index (χ3v) is 4.19. The van der Waals surface area contributed by atoms with E-state index >= 15 is 0 Å². The number of aromatic amines is 1. The number of benzene rings is 2. The van der Waals surface area contributed by atoms with E-state index < -0.39 is 0 Å². The van der Waals surface area contributed by atoms with Gasteiger partial charge in [-0.3, -0.25) is 4.57 Å². The smallest absolute Gasteiger partial charge is 0.182 e. The summed E-state index contributed by atoms with van der Waals surface area (Å²) in [4.78, 5) is 3.22. The van der Waals surface area contributed by atoms with E-state index in [1.54, 1.807) is 7.11 Å². The van der Waals surface area contributed by atoms with Crippen LogP contribution in [-0.4, -0.2) is 16.7 Å². The molecule has 2 aromatic carbocycles. The Hall–Kier alpha value is -1.59. The standard InChI is InChI=1S/C15H13BrN2OS/c1-9-3-5-11(16)14(7-9)18-13-6-4-10(19-2)8-12(13)17-15(18)20/h3-8H,1-2H3,(H,17,20). The summed E-state index contributed by atoms with van der Waals surface area (Å²) in [6.45, 7) is 2.07. The number of aryl methyl sites for hydroxylation is 1.